The molecule has 1 aromatic heterocycles. The summed E-state index contributed by atoms with van der Waals surface area (Å²) in [6, 6.07) is 9.38. The molecule has 0 radical (unpaired) electrons. The third kappa shape index (κ3) is 3.66. The van der Waals surface area contributed by atoms with Crippen molar-refractivity contribution in [3.05, 3.63) is 53.5 Å². The maximum absolute atomic E-state index is 14.0. The molecule has 0 aliphatic rings. The Balaban J connectivity index is 2.13. The van der Waals surface area contributed by atoms with E-state index in [1.165, 1.54) is 24.8 Å². The fraction of sp³-hybridized carbons (Fsp3) is 0.389. The van der Waals surface area contributed by atoms with Crippen LogP contribution in [0.1, 0.15) is 44.2 Å². The molecule has 0 saturated heterocycles. The van der Waals surface area contributed by atoms with Crippen molar-refractivity contribution in [1.82, 2.24) is 4.98 Å². The summed E-state index contributed by atoms with van der Waals surface area (Å²) < 4.78 is 14.0. The van der Waals surface area contributed by atoms with E-state index in [-0.39, 0.29) is 5.82 Å². The van der Waals surface area contributed by atoms with Crippen LogP contribution in [0.25, 0.3) is 11.3 Å². The van der Waals surface area contributed by atoms with Crippen molar-refractivity contribution in [3.63, 3.8) is 0 Å². The molecule has 0 aliphatic heterocycles. The van der Waals surface area contributed by atoms with Gasteiger partial charge < -0.3 is 0 Å². The summed E-state index contributed by atoms with van der Waals surface area (Å²) in [5.74, 6) is -0.185. The highest BCUT2D eigenvalue weighted by molar-refractivity contribution is 5.60. The van der Waals surface area contributed by atoms with E-state index in [9.17, 15) is 4.39 Å². The van der Waals surface area contributed by atoms with Crippen LogP contribution in [0.4, 0.5) is 4.39 Å². The fourth-order valence-corrected chi connectivity index (χ4v) is 2.30. The second kappa shape index (κ2) is 7.18. The average Bonchev–Trinajstić information content (AvgIpc) is 2.48. The first-order chi connectivity index (χ1) is 9.74. The van der Waals surface area contributed by atoms with Gasteiger partial charge in [-0.25, -0.2) is 4.39 Å². The van der Waals surface area contributed by atoms with E-state index in [2.05, 4.69) is 18.0 Å². The summed E-state index contributed by atoms with van der Waals surface area (Å²) in [5, 5.41) is 0. The van der Waals surface area contributed by atoms with Gasteiger partial charge in [-0.3, -0.25) is 4.98 Å². The van der Waals surface area contributed by atoms with Gasteiger partial charge in [0.25, 0.3) is 0 Å². The molecule has 0 spiro atoms. The predicted octanol–water partition coefficient (Wildman–Crippen LogP) is 5.18. The van der Waals surface area contributed by atoms with Gasteiger partial charge >= 0.3 is 0 Å². The molecular weight excluding hydrogens is 249 g/mol. The summed E-state index contributed by atoms with van der Waals surface area (Å²) in [7, 11) is 0. The van der Waals surface area contributed by atoms with Crippen molar-refractivity contribution < 1.29 is 4.39 Å². The lowest BCUT2D eigenvalue weighted by atomic mass is 10.0. The number of hydrogen-bond acceptors (Lipinski definition) is 1. The molecule has 2 aromatic rings. The van der Waals surface area contributed by atoms with Crippen LogP contribution in [0.15, 0.2) is 36.5 Å². The molecule has 1 aromatic carbocycles. The molecule has 20 heavy (non-hydrogen) atoms. The van der Waals surface area contributed by atoms with Crippen LogP contribution in [0.5, 0.6) is 0 Å². The molecular formula is C18H22FN. The summed E-state index contributed by atoms with van der Waals surface area (Å²) >= 11 is 0. The van der Waals surface area contributed by atoms with Crippen LogP contribution >= 0.6 is 0 Å². The van der Waals surface area contributed by atoms with Gasteiger partial charge in [0.2, 0.25) is 0 Å². The van der Waals surface area contributed by atoms with Crippen LogP contribution in [0.2, 0.25) is 0 Å². The van der Waals surface area contributed by atoms with Crippen LogP contribution in [0, 0.1) is 5.82 Å². The molecule has 0 bridgehead atoms. The zero-order valence-corrected chi connectivity index (χ0v) is 12.3. The monoisotopic (exact) mass is 271 g/mol. The fourth-order valence-electron chi connectivity index (χ4n) is 2.30. The first-order valence-electron chi connectivity index (χ1n) is 7.48. The topological polar surface area (TPSA) is 12.9 Å². The number of pyridine rings is 1. The third-order valence-electron chi connectivity index (χ3n) is 3.61. The molecule has 0 aliphatic carbocycles. The van der Waals surface area contributed by atoms with Gasteiger partial charge in [-0.15, -0.1) is 0 Å². The van der Waals surface area contributed by atoms with Gasteiger partial charge in [0, 0.05) is 11.8 Å². The van der Waals surface area contributed by atoms with Crippen molar-refractivity contribution >= 4 is 0 Å². The van der Waals surface area contributed by atoms with E-state index in [4.69, 9.17) is 0 Å². The summed E-state index contributed by atoms with van der Waals surface area (Å²) in [4.78, 5) is 4.40. The molecule has 0 amide bonds. The lowest BCUT2D eigenvalue weighted by Crippen LogP contribution is -1.92. The van der Waals surface area contributed by atoms with Gasteiger partial charge in [0.05, 0.1) is 5.69 Å². The number of benzene rings is 1. The Hall–Kier alpha value is -1.70. The molecule has 1 heterocycles. The molecule has 0 saturated carbocycles. The van der Waals surface area contributed by atoms with Crippen LogP contribution in [-0.2, 0) is 12.8 Å². The van der Waals surface area contributed by atoms with Gasteiger partial charge in [-0.2, -0.15) is 0 Å². The number of halogens is 1. The lowest BCUT2D eigenvalue weighted by molar-refractivity contribution is 0.628. The maximum atomic E-state index is 14.0. The Bertz CT molecular complexity index is 546. The minimum absolute atomic E-state index is 0.185. The SMILES string of the molecule is CCCCCc1ccc(-c2ccc(CC)cc2F)nc1. The summed E-state index contributed by atoms with van der Waals surface area (Å²) in [5.41, 5.74) is 3.54. The Kier molecular flexibility index (Phi) is 5.28. The van der Waals surface area contributed by atoms with E-state index in [0.29, 0.717) is 11.3 Å². The molecule has 106 valence electrons. The van der Waals surface area contributed by atoms with Gasteiger partial charge in [-0.05, 0) is 48.6 Å². The quantitative estimate of drug-likeness (QED) is 0.659. The Morgan fingerprint density at radius 2 is 1.80 bits per heavy atom. The van der Waals surface area contributed by atoms with Gasteiger partial charge in [0.15, 0.2) is 0 Å². The van der Waals surface area contributed by atoms with Crippen LogP contribution in [-0.4, -0.2) is 4.98 Å². The highest BCUT2D eigenvalue weighted by Crippen LogP contribution is 2.22. The zero-order valence-electron chi connectivity index (χ0n) is 12.3. The molecule has 0 fully saturated rings. The normalized spacial score (nSPS) is 10.8. The number of unbranched alkanes of at least 4 members (excludes halogenated alkanes) is 2. The Labute approximate surface area is 120 Å². The number of hydrogen-bond donors (Lipinski definition) is 0. The third-order valence-corrected chi connectivity index (χ3v) is 3.61. The molecule has 0 N–H and O–H groups in total. The van der Waals surface area contributed by atoms with E-state index in [1.54, 1.807) is 6.07 Å². The second-order valence-corrected chi connectivity index (χ2v) is 5.18. The average molecular weight is 271 g/mol. The van der Waals surface area contributed by atoms with Crippen molar-refractivity contribution in [2.24, 2.45) is 0 Å². The first-order valence-corrected chi connectivity index (χ1v) is 7.48. The Morgan fingerprint density at radius 1 is 1.00 bits per heavy atom. The van der Waals surface area contributed by atoms with Crippen molar-refractivity contribution in [3.8, 4) is 11.3 Å². The molecule has 0 atom stereocenters. The molecule has 1 nitrogen and oxygen atoms in total. The summed E-state index contributed by atoms with van der Waals surface area (Å²) in [6.45, 7) is 4.22. The largest absolute Gasteiger partial charge is 0.256 e. The number of rotatable bonds is 6. The van der Waals surface area contributed by atoms with E-state index >= 15 is 0 Å². The lowest BCUT2D eigenvalue weighted by Gasteiger charge is -2.06. The number of aryl methyl sites for hydroxylation is 2. The van der Waals surface area contributed by atoms with Crippen molar-refractivity contribution in [1.29, 1.82) is 0 Å². The minimum Gasteiger partial charge on any atom is -0.256 e. The Morgan fingerprint density at radius 3 is 2.40 bits per heavy atom. The highest BCUT2D eigenvalue weighted by atomic mass is 19.1. The van der Waals surface area contributed by atoms with E-state index < -0.39 is 0 Å². The number of aromatic nitrogens is 1. The molecule has 2 rings (SSSR count). The van der Waals surface area contributed by atoms with Crippen LogP contribution in [0.3, 0.4) is 0 Å². The molecule has 2 heteroatoms. The smallest absolute Gasteiger partial charge is 0.132 e. The summed E-state index contributed by atoms with van der Waals surface area (Å²) in [6.07, 6.45) is 7.43. The van der Waals surface area contributed by atoms with Gasteiger partial charge in [0.1, 0.15) is 5.82 Å². The molecule has 0 unspecified atom stereocenters. The van der Waals surface area contributed by atoms with Crippen molar-refractivity contribution in [2.75, 3.05) is 0 Å². The highest BCUT2D eigenvalue weighted by Gasteiger charge is 2.07. The standard InChI is InChI=1S/C18H22FN/c1-3-5-6-7-15-9-11-18(20-13-15)16-10-8-14(4-2)12-17(16)19/h8-13H,3-7H2,1-2H3. The minimum atomic E-state index is -0.185. The van der Waals surface area contributed by atoms with Crippen LogP contribution < -0.4 is 0 Å². The predicted molar refractivity (Wildman–Crippen MR) is 82.2 cm³/mol. The first kappa shape index (κ1) is 14.7. The van der Waals surface area contributed by atoms with E-state index in [1.807, 2.05) is 31.3 Å². The van der Waals surface area contributed by atoms with E-state index in [0.717, 1.165) is 18.4 Å². The number of nitrogens with zero attached hydrogens (tertiary/aromatic N) is 1. The van der Waals surface area contributed by atoms with Crippen molar-refractivity contribution in [2.45, 2.75) is 46.0 Å². The van der Waals surface area contributed by atoms with Gasteiger partial charge in [-0.1, -0.05) is 38.8 Å². The second-order valence-electron chi connectivity index (χ2n) is 5.18. The maximum Gasteiger partial charge on any atom is 0.132 e. The zero-order chi connectivity index (χ0) is 14.4.